The van der Waals surface area contributed by atoms with Gasteiger partial charge in [0.25, 0.3) is 11.8 Å². The van der Waals surface area contributed by atoms with E-state index in [9.17, 15) is 22.8 Å². The second-order valence-electron chi connectivity index (χ2n) is 9.49. The molecule has 0 saturated carbocycles. The summed E-state index contributed by atoms with van der Waals surface area (Å²) < 4.78 is 39.4. The van der Waals surface area contributed by atoms with E-state index in [4.69, 9.17) is 0 Å². The van der Waals surface area contributed by atoms with Gasteiger partial charge in [-0.2, -0.15) is 13.2 Å². The average Bonchev–Trinajstić information content (AvgIpc) is 2.94. The normalized spacial score (nSPS) is 13.2. The second-order valence-corrected chi connectivity index (χ2v) is 9.49. The number of amides is 2. The van der Waals surface area contributed by atoms with E-state index < -0.39 is 17.6 Å². The Hall–Kier alpha value is -3.85. The molecule has 3 aromatic carbocycles. The molecule has 2 amide bonds. The zero-order chi connectivity index (χ0) is 28.0. The van der Waals surface area contributed by atoms with E-state index in [-0.39, 0.29) is 11.5 Å². The van der Waals surface area contributed by atoms with Crippen LogP contribution < -0.4 is 15.5 Å². The highest BCUT2D eigenvalue weighted by Gasteiger charge is 2.31. The minimum atomic E-state index is -4.55. The van der Waals surface area contributed by atoms with E-state index in [1.807, 2.05) is 12.1 Å². The van der Waals surface area contributed by atoms with Crippen LogP contribution in [0.1, 0.15) is 51.3 Å². The van der Waals surface area contributed by atoms with Gasteiger partial charge in [0.15, 0.2) is 0 Å². The van der Waals surface area contributed by atoms with Gasteiger partial charge in [0.1, 0.15) is 0 Å². The fourth-order valence-electron chi connectivity index (χ4n) is 4.78. The number of fused-ring (bicyclic) bond motifs is 1. The maximum atomic E-state index is 13.4. The smallest absolute Gasteiger partial charge is 0.366 e. The highest BCUT2D eigenvalue weighted by atomic mass is 19.4. The van der Waals surface area contributed by atoms with Crippen molar-refractivity contribution in [2.75, 3.05) is 42.9 Å². The standard InChI is InChI=1S/C30H33F3N4O2/c1-3-36(4-2)17-15-34-29(39)26-19-25(35-28(38)22-10-7-11-24(18-22)30(31,32)33)12-13-27(26)37-16-14-21-8-5-6-9-23(21)20-37/h5-13,18-19H,3-4,14-17,20H2,1-2H3,(H,34,39)(H,35,38). The molecule has 39 heavy (non-hydrogen) atoms. The summed E-state index contributed by atoms with van der Waals surface area (Å²) in [6.07, 6.45) is -3.71. The molecule has 0 bridgehead atoms. The van der Waals surface area contributed by atoms with Gasteiger partial charge in [-0.15, -0.1) is 0 Å². The van der Waals surface area contributed by atoms with Gasteiger partial charge >= 0.3 is 6.18 Å². The van der Waals surface area contributed by atoms with Gasteiger partial charge in [0, 0.05) is 43.1 Å². The Balaban J connectivity index is 1.59. The van der Waals surface area contributed by atoms with E-state index in [1.165, 1.54) is 23.3 Å². The number of hydrogen-bond donors (Lipinski definition) is 2. The zero-order valence-corrected chi connectivity index (χ0v) is 22.1. The molecule has 1 heterocycles. The molecule has 1 aliphatic heterocycles. The number of hydrogen-bond acceptors (Lipinski definition) is 4. The number of benzene rings is 3. The number of rotatable bonds is 9. The van der Waals surface area contributed by atoms with E-state index in [1.54, 1.807) is 18.2 Å². The molecule has 0 aliphatic carbocycles. The third-order valence-electron chi connectivity index (χ3n) is 7.03. The lowest BCUT2D eigenvalue weighted by molar-refractivity contribution is -0.137. The molecule has 0 saturated heterocycles. The van der Waals surface area contributed by atoms with Crippen molar-refractivity contribution in [1.82, 2.24) is 10.2 Å². The fourth-order valence-corrected chi connectivity index (χ4v) is 4.78. The zero-order valence-electron chi connectivity index (χ0n) is 22.1. The molecule has 2 N–H and O–H groups in total. The number of halogens is 3. The molecule has 3 aromatic rings. The minimum Gasteiger partial charge on any atom is -0.366 e. The molecule has 0 fully saturated rings. The summed E-state index contributed by atoms with van der Waals surface area (Å²) in [5.41, 5.74) is 2.92. The highest BCUT2D eigenvalue weighted by molar-refractivity contribution is 6.06. The van der Waals surface area contributed by atoms with Gasteiger partial charge in [0.05, 0.1) is 11.1 Å². The summed E-state index contributed by atoms with van der Waals surface area (Å²) in [7, 11) is 0. The van der Waals surface area contributed by atoms with Crippen molar-refractivity contribution >= 4 is 23.2 Å². The Morgan fingerprint density at radius 2 is 1.67 bits per heavy atom. The quantitative estimate of drug-likeness (QED) is 0.373. The summed E-state index contributed by atoms with van der Waals surface area (Å²) in [4.78, 5) is 30.5. The number of anilines is 2. The van der Waals surface area contributed by atoms with Crippen molar-refractivity contribution < 1.29 is 22.8 Å². The Morgan fingerprint density at radius 1 is 0.923 bits per heavy atom. The van der Waals surface area contributed by atoms with Crippen LogP contribution in [-0.4, -0.2) is 49.4 Å². The highest BCUT2D eigenvalue weighted by Crippen LogP contribution is 2.31. The van der Waals surface area contributed by atoms with Crippen LogP contribution >= 0.6 is 0 Å². The van der Waals surface area contributed by atoms with E-state index in [0.29, 0.717) is 30.9 Å². The first-order valence-corrected chi connectivity index (χ1v) is 13.1. The Kier molecular flexibility index (Phi) is 8.91. The number of alkyl halides is 3. The third kappa shape index (κ3) is 6.97. The van der Waals surface area contributed by atoms with Crippen LogP contribution in [0.4, 0.5) is 24.5 Å². The third-order valence-corrected chi connectivity index (χ3v) is 7.03. The molecular formula is C30H33F3N4O2. The lowest BCUT2D eigenvalue weighted by atomic mass is 9.98. The molecule has 4 rings (SSSR count). The number of carbonyl (C=O) groups is 2. The lowest BCUT2D eigenvalue weighted by Crippen LogP contribution is -2.36. The molecule has 0 unspecified atom stereocenters. The van der Waals surface area contributed by atoms with Gasteiger partial charge in [-0.1, -0.05) is 44.2 Å². The first-order valence-electron chi connectivity index (χ1n) is 13.1. The number of nitrogens with zero attached hydrogens (tertiary/aromatic N) is 2. The van der Waals surface area contributed by atoms with Crippen molar-refractivity contribution in [3.63, 3.8) is 0 Å². The minimum absolute atomic E-state index is 0.119. The summed E-state index contributed by atoms with van der Waals surface area (Å²) in [6.45, 7) is 8.42. The number of nitrogens with one attached hydrogen (secondary N) is 2. The van der Waals surface area contributed by atoms with Crippen LogP contribution in [0.3, 0.4) is 0 Å². The summed E-state index contributed by atoms with van der Waals surface area (Å²) >= 11 is 0. The van der Waals surface area contributed by atoms with Crippen molar-refractivity contribution in [2.24, 2.45) is 0 Å². The van der Waals surface area contributed by atoms with Crippen LogP contribution in [-0.2, 0) is 19.1 Å². The maximum absolute atomic E-state index is 13.4. The Labute approximate surface area is 226 Å². The van der Waals surface area contributed by atoms with Gasteiger partial charge in [-0.3, -0.25) is 9.59 Å². The maximum Gasteiger partial charge on any atom is 0.416 e. The van der Waals surface area contributed by atoms with Crippen molar-refractivity contribution in [2.45, 2.75) is 33.0 Å². The predicted molar refractivity (Wildman–Crippen MR) is 147 cm³/mol. The number of carbonyl (C=O) groups excluding carboxylic acids is 2. The van der Waals surface area contributed by atoms with E-state index in [0.717, 1.165) is 43.9 Å². The van der Waals surface area contributed by atoms with E-state index in [2.05, 4.69) is 46.4 Å². The lowest BCUT2D eigenvalue weighted by Gasteiger charge is -2.32. The molecule has 0 radical (unpaired) electrons. The number of likely N-dealkylation sites (N-methyl/N-ethyl adjacent to an activating group) is 1. The van der Waals surface area contributed by atoms with Crippen LogP contribution in [0.15, 0.2) is 66.7 Å². The van der Waals surface area contributed by atoms with Crippen molar-refractivity contribution in [1.29, 1.82) is 0 Å². The van der Waals surface area contributed by atoms with Gasteiger partial charge in [0.2, 0.25) is 0 Å². The first kappa shape index (κ1) is 28.2. The van der Waals surface area contributed by atoms with Crippen molar-refractivity contribution in [3.8, 4) is 0 Å². The van der Waals surface area contributed by atoms with Gasteiger partial charge < -0.3 is 20.4 Å². The van der Waals surface area contributed by atoms with E-state index >= 15 is 0 Å². The monoisotopic (exact) mass is 538 g/mol. The molecule has 206 valence electrons. The summed E-state index contributed by atoms with van der Waals surface area (Å²) in [5.74, 6) is -0.958. The molecule has 0 atom stereocenters. The van der Waals surface area contributed by atoms with Crippen LogP contribution in [0, 0.1) is 0 Å². The van der Waals surface area contributed by atoms with Crippen LogP contribution in [0.25, 0.3) is 0 Å². The molecule has 0 aromatic heterocycles. The average molecular weight is 539 g/mol. The molecular weight excluding hydrogens is 505 g/mol. The first-order chi connectivity index (χ1) is 18.7. The van der Waals surface area contributed by atoms with Crippen LogP contribution in [0.5, 0.6) is 0 Å². The molecule has 1 aliphatic rings. The van der Waals surface area contributed by atoms with Gasteiger partial charge in [-0.25, -0.2) is 0 Å². The molecule has 0 spiro atoms. The summed E-state index contributed by atoms with van der Waals surface area (Å²) in [6, 6.07) is 17.5. The molecule has 9 heteroatoms. The summed E-state index contributed by atoms with van der Waals surface area (Å²) in [5, 5.41) is 5.65. The Bertz CT molecular complexity index is 1320. The molecule has 6 nitrogen and oxygen atoms in total. The fraction of sp³-hybridized carbons (Fsp3) is 0.333. The van der Waals surface area contributed by atoms with Crippen molar-refractivity contribution in [3.05, 3.63) is 94.5 Å². The topological polar surface area (TPSA) is 64.7 Å². The predicted octanol–water partition coefficient (Wildman–Crippen LogP) is 5.59. The van der Waals surface area contributed by atoms with Gasteiger partial charge in [-0.05, 0) is 67.0 Å². The largest absolute Gasteiger partial charge is 0.416 e. The Morgan fingerprint density at radius 3 is 2.38 bits per heavy atom. The SMILES string of the molecule is CCN(CC)CCNC(=O)c1cc(NC(=O)c2cccc(C(F)(F)F)c2)ccc1N1CCc2ccccc2C1. The van der Waals surface area contributed by atoms with Crippen LogP contribution in [0.2, 0.25) is 0 Å². The second kappa shape index (κ2) is 12.3.